The van der Waals surface area contributed by atoms with E-state index in [0.717, 1.165) is 15.2 Å². The van der Waals surface area contributed by atoms with E-state index in [1.54, 1.807) is 13.1 Å². The molecule has 4 aromatic rings. The van der Waals surface area contributed by atoms with Crippen molar-refractivity contribution in [3.63, 3.8) is 0 Å². The molecule has 0 aliphatic heterocycles. The lowest BCUT2D eigenvalue weighted by Crippen LogP contribution is -2.38. The number of rotatable bonds is 7. The average molecular weight is 551 g/mol. The third-order valence-corrected chi connectivity index (χ3v) is 8.37. The zero-order valence-electron chi connectivity index (χ0n) is 20.0. The number of anilines is 2. The Morgan fingerprint density at radius 2 is 1.95 bits per heavy atom. The number of hydrogen-bond donors (Lipinski definition) is 4. The van der Waals surface area contributed by atoms with Gasteiger partial charge in [-0.05, 0) is 25.5 Å². The van der Waals surface area contributed by atoms with Gasteiger partial charge in [0.05, 0.1) is 38.6 Å². The Labute approximate surface area is 218 Å². The quantitative estimate of drug-likeness (QED) is 0.263. The highest BCUT2D eigenvalue weighted by molar-refractivity contribution is 7.21. The predicted molar refractivity (Wildman–Crippen MR) is 138 cm³/mol. The van der Waals surface area contributed by atoms with Crippen molar-refractivity contribution >= 4 is 44.7 Å². The molecule has 4 atom stereocenters. The van der Waals surface area contributed by atoms with E-state index in [1.807, 2.05) is 36.6 Å². The number of alkyl halides is 3. The monoisotopic (exact) mass is 550 g/mol. The smallest absolute Gasteiger partial charge is 0.390 e. The van der Waals surface area contributed by atoms with Crippen molar-refractivity contribution in [3.8, 4) is 10.6 Å². The summed E-state index contributed by atoms with van der Waals surface area (Å²) in [5.41, 5.74) is 1.08. The summed E-state index contributed by atoms with van der Waals surface area (Å²) in [4.78, 5) is 17.6. The average Bonchev–Trinajstić information content (AvgIpc) is 3.54. The molecule has 196 valence electrons. The molecule has 8 nitrogen and oxygen atoms in total. The van der Waals surface area contributed by atoms with Gasteiger partial charge in [0.2, 0.25) is 5.95 Å². The van der Waals surface area contributed by atoms with E-state index in [-0.39, 0.29) is 11.8 Å². The molecule has 0 spiro atoms. The summed E-state index contributed by atoms with van der Waals surface area (Å²) in [5.74, 6) is 0.0479. The third-order valence-electron chi connectivity index (χ3n) is 6.54. The molecule has 1 aromatic carbocycles. The van der Waals surface area contributed by atoms with E-state index < -0.39 is 36.4 Å². The number of fused-ring (bicyclic) bond motifs is 1. The molecule has 5 rings (SSSR count). The van der Waals surface area contributed by atoms with Crippen molar-refractivity contribution in [3.05, 3.63) is 46.5 Å². The Balaban J connectivity index is 1.50. The first kappa shape index (κ1) is 25.8. The largest absolute Gasteiger partial charge is 0.405 e. The van der Waals surface area contributed by atoms with Crippen molar-refractivity contribution in [1.29, 1.82) is 0 Å². The molecule has 1 saturated carbocycles. The summed E-state index contributed by atoms with van der Waals surface area (Å²) < 4.78 is 39.5. The van der Waals surface area contributed by atoms with Gasteiger partial charge < -0.3 is 20.8 Å². The van der Waals surface area contributed by atoms with Crippen LogP contribution in [0.4, 0.5) is 24.9 Å². The van der Waals surface area contributed by atoms with Gasteiger partial charge >= 0.3 is 6.18 Å². The molecule has 0 bridgehead atoms. The van der Waals surface area contributed by atoms with E-state index in [2.05, 4.69) is 30.6 Å². The Morgan fingerprint density at radius 3 is 2.65 bits per heavy atom. The summed E-state index contributed by atoms with van der Waals surface area (Å²) in [6.45, 7) is 2.28. The van der Waals surface area contributed by atoms with Crippen molar-refractivity contribution in [2.45, 2.75) is 51.1 Å². The zero-order valence-corrected chi connectivity index (χ0v) is 21.6. The van der Waals surface area contributed by atoms with Crippen LogP contribution in [0.1, 0.15) is 24.0 Å². The van der Waals surface area contributed by atoms with Crippen LogP contribution in [0.15, 0.2) is 35.8 Å². The fourth-order valence-corrected chi connectivity index (χ4v) is 6.60. The predicted octanol–water partition coefficient (Wildman–Crippen LogP) is 4.65. The molecule has 1 aliphatic carbocycles. The number of para-hydroxylation sites is 1. The minimum Gasteiger partial charge on any atom is -0.390 e. The van der Waals surface area contributed by atoms with E-state index in [4.69, 9.17) is 0 Å². The van der Waals surface area contributed by atoms with Gasteiger partial charge in [0.1, 0.15) is 23.5 Å². The second-order valence-electron chi connectivity index (χ2n) is 9.46. The van der Waals surface area contributed by atoms with E-state index in [1.165, 1.54) is 22.7 Å². The van der Waals surface area contributed by atoms with Gasteiger partial charge in [-0.1, -0.05) is 19.1 Å². The lowest BCUT2D eigenvalue weighted by atomic mass is 9.83. The Morgan fingerprint density at radius 1 is 1.16 bits per heavy atom. The number of benzene rings is 1. The summed E-state index contributed by atoms with van der Waals surface area (Å²) in [6.07, 6.45) is -4.05. The lowest BCUT2D eigenvalue weighted by molar-refractivity contribution is -0.115. The number of halogens is 3. The molecule has 1 fully saturated rings. The molecule has 13 heteroatoms. The van der Waals surface area contributed by atoms with Crippen LogP contribution in [-0.4, -0.2) is 61.1 Å². The maximum atomic E-state index is 12.9. The molecule has 1 aliphatic rings. The van der Waals surface area contributed by atoms with E-state index in [9.17, 15) is 23.4 Å². The first-order valence-electron chi connectivity index (χ1n) is 11.6. The number of hydrogen-bond acceptors (Lipinski definition) is 10. The van der Waals surface area contributed by atoms with Gasteiger partial charge in [-0.15, -0.1) is 22.7 Å². The van der Waals surface area contributed by atoms with Gasteiger partial charge in [0.25, 0.3) is 0 Å². The van der Waals surface area contributed by atoms with Gasteiger partial charge in [-0.3, -0.25) is 0 Å². The summed E-state index contributed by atoms with van der Waals surface area (Å²) in [5, 5.41) is 30.6. The molecular weight excluding hydrogens is 525 g/mol. The van der Waals surface area contributed by atoms with E-state index >= 15 is 0 Å². The van der Waals surface area contributed by atoms with Crippen LogP contribution in [0.5, 0.6) is 0 Å². The molecule has 4 N–H and O–H groups in total. The molecule has 3 heterocycles. The maximum Gasteiger partial charge on any atom is 0.405 e. The van der Waals surface area contributed by atoms with Crippen molar-refractivity contribution in [1.82, 2.24) is 19.9 Å². The highest BCUT2D eigenvalue weighted by Crippen LogP contribution is 2.44. The minimum atomic E-state index is -4.44. The molecule has 37 heavy (non-hydrogen) atoms. The second-order valence-corrected chi connectivity index (χ2v) is 11.5. The second kappa shape index (κ2) is 9.78. The summed E-state index contributed by atoms with van der Waals surface area (Å²) in [6, 6.07) is 6.96. The summed E-state index contributed by atoms with van der Waals surface area (Å²) >= 11 is 2.89. The molecule has 0 amide bonds. The minimum absolute atomic E-state index is 0.194. The van der Waals surface area contributed by atoms with Gasteiger partial charge in [0.15, 0.2) is 0 Å². The van der Waals surface area contributed by atoms with E-state index in [0.29, 0.717) is 29.1 Å². The number of aliphatic hydroxyl groups is 2. The molecule has 4 unspecified atom stereocenters. The van der Waals surface area contributed by atoms with Crippen LogP contribution in [0.25, 0.3) is 20.8 Å². The SMILES string of the molecule is Cc1nc(NCC(F)(F)F)nc(NC2CC(C)(Cc3nccs3)C(O)C2O)c1-c1nc2ccccc2s1. The van der Waals surface area contributed by atoms with Crippen molar-refractivity contribution in [2.24, 2.45) is 5.41 Å². The Hall–Kier alpha value is -2.87. The number of aryl methyl sites for hydroxylation is 1. The first-order valence-corrected chi connectivity index (χ1v) is 13.3. The Bertz CT molecular complexity index is 1360. The van der Waals surface area contributed by atoms with Crippen LogP contribution in [-0.2, 0) is 6.42 Å². The third kappa shape index (κ3) is 5.40. The Kier molecular flexibility index (Phi) is 6.81. The standard InChI is InChI=1S/C24H25F3N6O2S2/c1-12-17(21-32-13-5-3-4-6-15(13)37-21)20(33-22(30-12)29-11-24(25,26)27)31-14-9-23(2,19(35)18(14)34)10-16-28-7-8-36-16/h3-8,14,18-19,34-35H,9-11H2,1-2H3,(H2,29,30,31,33). The number of nitrogens with one attached hydrogen (secondary N) is 2. The topological polar surface area (TPSA) is 116 Å². The number of thiazole rings is 2. The maximum absolute atomic E-state index is 12.9. The van der Waals surface area contributed by atoms with Crippen LogP contribution >= 0.6 is 22.7 Å². The fourth-order valence-electron chi connectivity index (χ4n) is 4.72. The van der Waals surface area contributed by atoms with Gasteiger partial charge in [-0.2, -0.15) is 18.2 Å². The van der Waals surface area contributed by atoms with Crippen molar-refractivity contribution in [2.75, 3.05) is 17.2 Å². The number of nitrogens with zero attached hydrogens (tertiary/aromatic N) is 4. The van der Waals surface area contributed by atoms with Crippen LogP contribution in [0, 0.1) is 12.3 Å². The highest BCUT2D eigenvalue weighted by atomic mass is 32.1. The van der Waals surface area contributed by atoms with Gasteiger partial charge in [0, 0.05) is 23.4 Å². The molecule has 0 radical (unpaired) electrons. The van der Waals surface area contributed by atoms with Crippen molar-refractivity contribution < 1.29 is 23.4 Å². The van der Waals surface area contributed by atoms with Crippen LogP contribution < -0.4 is 10.6 Å². The first-order chi connectivity index (χ1) is 17.5. The normalized spacial score (nSPS) is 24.0. The molecule has 3 aromatic heterocycles. The lowest BCUT2D eigenvalue weighted by Gasteiger charge is -2.27. The highest BCUT2D eigenvalue weighted by Gasteiger charge is 2.50. The number of aliphatic hydroxyl groups excluding tert-OH is 2. The van der Waals surface area contributed by atoms with Crippen LogP contribution in [0.2, 0.25) is 0 Å². The summed E-state index contributed by atoms with van der Waals surface area (Å²) in [7, 11) is 0. The van der Waals surface area contributed by atoms with Crippen LogP contribution in [0.3, 0.4) is 0 Å². The molecular formula is C24H25F3N6O2S2. The molecule has 0 saturated heterocycles. The fraction of sp³-hybridized carbons (Fsp3) is 0.417. The van der Waals surface area contributed by atoms with Gasteiger partial charge in [-0.25, -0.2) is 15.0 Å². The number of aromatic nitrogens is 4. The zero-order chi connectivity index (χ0) is 26.4.